The number of unbranched alkanes of at least 4 members (excludes halogenated alkanes) is 22. The molecule has 0 aliphatic heterocycles. The van der Waals surface area contributed by atoms with Crippen LogP contribution in [-0.4, -0.2) is 64.9 Å². The predicted molar refractivity (Wildman–Crippen MR) is 217 cm³/mol. The molecule has 0 spiro atoms. The van der Waals surface area contributed by atoms with Crippen LogP contribution >= 0.6 is 7.82 Å². The van der Waals surface area contributed by atoms with Crippen LogP contribution in [-0.2, 0) is 32.7 Å². The van der Waals surface area contributed by atoms with Gasteiger partial charge >= 0.3 is 19.8 Å². The monoisotopic (exact) mass is 788 g/mol. The molecule has 0 aromatic heterocycles. The second kappa shape index (κ2) is 37.9. The van der Waals surface area contributed by atoms with Crippen LogP contribution in [0.1, 0.15) is 194 Å². The Morgan fingerprint density at radius 3 is 1.52 bits per heavy atom. The lowest BCUT2D eigenvalue weighted by atomic mass is 10.0. The Kier molecular flexibility index (Phi) is 36.4. The van der Waals surface area contributed by atoms with E-state index in [0.29, 0.717) is 12.8 Å². The molecule has 11 nitrogen and oxygen atoms in total. The number of rotatable bonds is 40. The number of aliphatic hydroxyl groups excluding tert-OH is 1. The molecule has 54 heavy (non-hydrogen) atoms. The molecule has 3 atom stereocenters. The molecule has 0 bridgehead atoms. The standard InChI is InChI=1S/C42H78NO10P/c1-3-5-7-9-11-13-15-17-19-20-21-23-25-27-29-31-33-40(45)43-39(42(47)48)37-53-54(49,50)52-36-38(44)35-51-41(46)34-32-30-28-26-24-22-18-16-14-12-10-8-6-4-2/h13,15,19-20,38-39,44H,3-12,14,16-18,21-37H2,1-2H3,(H,43,45)(H,47,48)(H,49,50)/b15-13-,20-19-. The van der Waals surface area contributed by atoms with Crippen molar-refractivity contribution in [3.8, 4) is 0 Å². The minimum Gasteiger partial charge on any atom is -0.480 e. The maximum absolute atomic E-state index is 12.3. The predicted octanol–water partition coefficient (Wildman–Crippen LogP) is 10.7. The first-order valence-corrected chi connectivity index (χ1v) is 22.9. The molecule has 316 valence electrons. The van der Waals surface area contributed by atoms with E-state index in [4.69, 9.17) is 13.8 Å². The van der Waals surface area contributed by atoms with Gasteiger partial charge in [-0.15, -0.1) is 0 Å². The second-order valence-corrected chi connectivity index (χ2v) is 16.0. The van der Waals surface area contributed by atoms with Crippen molar-refractivity contribution < 1.29 is 47.8 Å². The summed E-state index contributed by atoms with van der Waals surface area (Å²) in [5.41, 5.74) is 0. The van der Waals surface area contributed by atoms with Gasteiger partial charge in [0.05, 0.1) is 13.2 Å². The summed E-state index contributed by atoms with van der Waals surface area (Å²) in [7, 11) is -4.75. The van der Waals surface area contributed by atoms with E-state index in [2.05, 4.69) is 43.5 Å². The molecule has 0 rings (SSSR count). The van der Waals surface area contributed by atoms with Crippen molar-refractivity contribution in [1.82, 2.24) is 5.32 Å². The number of nitrogens with one attached hydrogen (secondary N) is 1. The number of phosphoric acid groups is 1. The SMILES string of the molecule is CCCCCC/C=C\C/C=C\CCCCCCCC(=O)NC(COP(=O)(O)OCC(O)COC(=O)CCCCCCCCCCCCCCCC)C(=O)O. The van der Waals surface area contributed by atoms with Gasteiger partial charge in [-0.1, -0.05) is 160 Å². The molecule has 3 unspecified atom stereocenters. The smallest absolute Gasteiger partial charge is 0.472 e. The Morgan fingerprint density at radius 1 is 0.593 bits per heavy atom. The Labute approximate surface area is 328 Å². The third kappa shape index (κ3) is 36.9. The maximum atomic E-state index is 12.3. The topological polar surface area (TPSA) is 169 Å². The van der Waals surface area contributed by atoms with E-state index < -0.39 is 57.6 Å². The minimum atomic E-state index is -4.75. The highest BCUT2D eigenvalue weighted by Gasteiger charge is 2.28. The molecule has 0 radical (unpaired) electrons. The lowest BCUT2D eigenvalue weighted by molar-refractivity contribution is -0.147. The number of phosphoric ester groups is 1. The molecule has 0 fully saturated rings. The van der Waals surface area contributed by atoms with Gasteiger partial charge in [0.25, 0.3) is 0 Å². The van der Waals surface area contributed by atoms with Gasteiger partial charge in [-0.25, -0.2) is 9.36 Å². The summed E-state index contributed by atoms with van der Waals surface area (Å²) in [6.07, 6.45) is 37.7. The molecule has 0 saturated heterocycles. The van der Waals surface area contributed by atoms with E-state index in [9.17, 15) is 34.1 Å². The van der Waals surface area contributed by atoms with Crippen LogP contribution in [0.5, 0.6) is 0 Å². The molecule has 0 aliphatic carbocycles. The Hall–Kier alpha value is -2.04. The van der Waals surface area contributed by atoms with Gasteiger partial charge < -0.3 is 25.2 Å². The van der Waals surface area contributed by atoms with Gasteiger partial charge in [-0.05, 0) is 44.9 Å². The number of carbonyl (C=O) groups is 3. The molecular formula is C42H78NO10P. The minimum absolute atomic E-state index is 0.131. The zero-order valence-electron chi connectivity index (χ0n) is 34.0. The van der Waals surface area contributed by atoms with Gasteiger partial charge in [0.2, 0.25) is 5.91 Å². The van der Waals surface area contributed by atoms with Crippen LogP contribution in [0, 0.1) is 0 Å². The van der Waals surface area contributed by atoms with Gasteiger partial charge in [0.15, 0.2) is 6.04 Å². The van der Waals surface area contributed by atoms with Gasteiger partial charge in [-0.2, -0.15) is 0 Å². The average molecular weight is 788 g/mol. The molecule has 0 aromatic carbocycles. The van der Waals surface area contributed by atoms with E-state index >= 15 is 0 Å². The Morgan fingerprint density at radius 2 is 1.02 bits per heavy atom. The van der Waals surface area contributed by atoms with Crippen molar-refractivity contribution in [3.63, 3.8) is 0 Å². The lowest BCUT2D eigenvalue weighted by Crippen LogP contribution is -2.43. The molecule has 12 heteroatoms. The number of hydrogen-bond acceptors (Lipinski definition) is 8. The average Bonchev–Trinajstić information content (AvgIpc) is 3.14. The summed E-state index contributed by atoms with van der Waals surface area (Å²) in [6.45, 7) is 2.57. The summed E-state index contributed by atoms with van der Waals surface area (Å²) in [4.78, 5) is 45.8. The number of carboxylic acid groups (broad SMARTS) is 1. The van der Waals surface area contributed by atoms with Crippen molar-refractivity contribution in [2.45, 2.75) is 206 Å². The number of esters is 1. The number of ether oxygens (including phenoxy) is 1. The summed E-state index contributed by atoms with van der Waals surface area (Å²) in [5.74, 6) is -2.39. The third-order valence-corrected chi connectivity index (χ3v) is 10.2. The Bertz CT molecular complexity index is 1020. The zero-order chi connectivity index (χ0) is 40.0. The van der Waals surface area contributed by atoms with E-state index in [1.54, 1.807) is 0 Å². The molecular weight excluding hydrogens is 709 g/mol. The van der Waals surface area contributed by atoms with Gasteiger partial charge in [-0.3, -0.25) is 18.6 Å². The fourth-order valence-electron chi connectivity index (χ4n) is 5.87. The number of aliphatic hydroxyl groups is 1. The number of amides is 1. The number of carboxylic acids is 1. The van der Waals surface area contributed by atoms with Crippen LogP contribution in [0.2, 0.25) is 0 Å². The fourth-order valence-corrected chi connectivity index (χ4v) is 6.65. The number of hydrogen-bond donors (Lipinski definition) is 4. The van der Waals surface area contributed by atoms with Crippen LogP contribution in [0.25, 0.3) is 0 Å². The molecule has 0 saturated carbocycles. The van der Waals surface area contributed by atoms with Crippen molar-refractivity contribution in [2.24, 2.45) is 0 Å². The molecule has 0 aromatic rings. The lowest BCUT2D eigenvalue weighted by Gasteiger charge is -2.18. The normalized spacial score (nSPS) is 14.0. The third-order valence-electron chi connectivity index (χ3n) is 9.24. The van der Waals surface area contributed by atoms with Gasteiger partial charge in [0.1, 0.15) is 12.7 Å². The number of allylic oxidation sites excluding steroid dienone is 4. The largest absolute Gasteiger partial charge is 0.480 e. The van der Waals surface area contributed by atoms with Crippen molar-refractivity contribution in [2.75, 3.05) is 19.8 Å². The van der Waals surface area contributed by atoms with E-state index in [1.165, 1.54) is 89.9 Å². The van der Waals surface area contributed by atoms with Gasteiger partial charge in [0, 0.05) is 12.8 Å². The first-order chi connectivity index (χ1) is 26.1. The summed E-state index contributed by atoms with van der Waals surface area (Å²) >= 11 is 0. The van der Waals surface area contributed by atoms with E-state index in [1.807, 2.05) is 0 Å². The van der Waals surface area contributed by atoms with Crippen LogP contribution < -0.4 is 5.32 Å². The van der Waals surface area contributed by atoms with Crippen molar-refractivity contribution in [1.29, 1.82) is 0 Å². The van der Waals surface area contributed by atoms with Crippen LogP contribution in [0.4, 0.5) is 0 Å². The van der Waals surface area contributed by atoms with Crippen LogP contribution in [0.15, 0.2) is 24.3 Å². The Balaban J connectivity index is 3.93. The molecule has 1 amide bonds. The van der Waals surface area contributed by atoms with E-state index in [-0.39, 0.29) is 12.8 Å². The highest BCUT2D eigenvalue weighted by molar-refractivity contribution is 7.47. The number of carbonyl (C=O) groups excluding carboxylic acids is 2. The highest BCUT2D eigenvalue weighted by Crippen LogP contribution is 2.43. The quantitative estimate of drug-likeness (QED) is 0.0203. The summed E-state index contributed by atoms with van der Waals surface area (Å²) in [6, 6.07) is -1.55. The van der Waals surface area contributed by atoms with E-state index in [0.717, 1.165) is 64.2 Å². The molecule has 0 aliphatic rings. The zero-order valence-corrected chi connectivity index (χ0v) is 34.9. The maximum Gasteiger partial charge on any atom is 0.472 e. The van der Waals surface area contributed by atoms with Crippen molar-refractivity contribution in [3.05, 3.63) is 24.3 Å². The molecule has 4 N–H and O–H groups in total. The summed E-state index contributed by atoms with van der Waals surface area (Å²) in [5, 5.41) is 21.8. The first-order valence-electron chi connectivity index (χ1n) is 21.4. The summed E-state index contributed by atoms with van der Waals surface area (Å²) < 4.78 is 26.8. The van der Waals surface area contributed by atoms with Crippen molar-refractivity contribution >= 4 is 25.7 Å². The number of aliphatic carboxylic acids is 1. The highest BCUT2D eigenvalue weighted by atomic mass is 31.2. The molecule has 0 heterocycles. The second-order valence-electron chi connectivity index (χ2n) is 14.5. The first kappa shape index (κ1) is 52.0. The van der Waals surface area contributed by atoms with Crippen LogP contribution in [0.3, 0.4) is 0 Å². The fraction of sp³-hybridized carbons (Fsp3) is 0.833.